The first kappa shape index (κ1) is 14.1. The molecule has 1 aliphatic rings. The number of aromatic nitrogens is 1. The first-order chi connectivity index (χ1) is 10.1. The molecule has 21 heavy (non-hydrogen) atoms. The molecule has 2 aromatic rings. The molecule has 1 aromatic heterocycles. The van der Waals surface area contributed by atoms with Crippen molar-refractivity contribution >= 4 is 15.5 Å². The fourth-order valence-electron chi connectivity index (χ4n) is 3.06. The summed E-state index contributed by atoms with van der Waals surface area (Å²) < 4.78 is 25.2. The highest BCUT2D eigenvalue weighted by Crippen LogP contribution is 2.34. The Labute approximate surface area is 124 Å². The SMILES string of the molecule is Nc1cnccc1S(=O)(=O)CC1CCCc2ccccc21. The lowest BCUT2D eigenvalue weighted by Crippen LogP contribution is -2.20. The molecule has 0 bridgehead atoms. The predicted molar refractivity (Wildman–Crippen MR) is 82.8 cm³/mol. The molecule has 0 spiro atoms. The summed E-state index contributed by atoms with van der Waals surface area (Å²) in [4.78, 5) is 4.05. The van der Waals surface area contributed by atoms with Gasteiger partial charge >= 0.3 is 0 Å². The minimum atomic E-state index is -3.40. The number of nitrogens with zero attached hydrogens (tertiary/aromatic N) is 1. The van der Waals surface area contributed by atoms with Crippen LogP contribution in [0.5, 0.6) is 0 Å². The predicted octanol–water partition coefficient (Wildman–Crippen LogP) is 2.56. The van der Waals surface area contributed by atoms with Gasteiger partial charge in [-0.2, -0.15) is 0 Å². The molecule has 4 nitrogen and oxygen atoms in total. The average molecular weight is 302 g/mol. The van der Waals surface area contributed by atoms with Crippen LogP contribution in [0.1, 0.15) is 29.9 Å². The largest absolute Gasteiger partial charge is 0.396 e. The lowest BCUT2D eigenvalue weighted by atomic mass is 9.84. The Kier molecular flexibility index (Phi) is 3.68. The number of nitrogen functional groups attached to an aromatic ring is 1. The molecule has 2 N–H and O–H groups in total. The number of benzene rings is 1. The summed E-state index contributed by atoms with van der Waals surface area (Å²) in [6.07, 6.45) is 5.83. The maximum absolute atomic E-state index is 12.6. The smallest absolute Gasteiger partial charge is 0.181 e. The molecule has 1 heterocycles. The summed E-state index contributed by atoms with van der Waals surface area (Å²) in [6.45, 7) is 0. The van der Waals surface area contributed by atoms with Crippen LogP contribution in [0.3, 0.4) is 0 Å². The van der Waals surface area contributed by atoms with Gasteiger partial charge in [0.15, 0.2) is 9.84 Å². The number of anilines is 1. The topological polar surface area (TPSA) is 73.0 Å². The zero-order chi connectivity index (χ0) is 14.9. The second kappa shape index (κ2) is 5.48. The summed E-state index contributed by atoms with van der Waals surface area (Å²) in [5, 5.41) is 0. The van der Waals surface area contributed by atoms with E-state index >= 15 is 0 Å². The highest BCUT2D eigenvalue weighted by Gasteiger charge is 2.27. The third-order valence-corrected chi connectivity index (χ3v) is 5.94. The number of hydrogen-bond donors (Lipinski definition) is 1. The van der Waals surface area contributed by atoms with Gasteiger partial charge in [-0.25, -0.2) is 8.42 Å². The maximum Gasteiger partial charge on any atom is 0.181 e. The van der Waals surface area contributed by atoms with Gasteiger partial charge in [0.2, 0.25) is 0 Å². The quantitative estimate of drug-likeness (QED) is 0.945. The summed E-state index contributed by atoms with van der Waals surface area (Å²) in [5.41, 5.74) is 8.43. The van der Waals surface area contributed by atoms with E-state index in [1.807, 2.05) is 18.2 Å². The molecular formula is C16H18N2O2S. The molecule has 0 aliphatic heterocycles. The standard InChI is InChI=1S/C16H18N2O2S/c17-15-10-18-9-8-16(15)21(19,20)11-13-6-3-5-12-4-1-2-7-14(12)13/h1-2,4,7-10,13H,3,5-6,11,17H2. The van der Waals surface area contributed by atoms with E-state index in [9.17, 15) is 8.42 Å². The van der Waals surface area contributed by atoms with Crippen molar-refractivity contribution in [1.29, 1.82) is 0 Å². The van der Waals surface area contributed by atoms with E-state index in [-0.39, 0.29) is 22.3 Å². The molecule has 3 rings (SSSR count). The van der Waals surface area contributed by atoms with Gasteiger partial charge in [0, 0.05) is 6.20 Å². The molecule has 0 saturated carbocycles. The molecule has 0 fully saturated rings. The van der Waals surface area contributed by atoms with Crippen molar-refractivity contribution < 1.29 is 8.42 Å². The first-order valence-electron chi connectivity index (χ1n) is 7.08. The molecule has 1 unspecified atom stereocenters. The molecular weight excluding hydrogens is 284 g/mol. The van der Waals surface area contributed by atoms with Gasteiger partial charge in [0.25, 0.3) is 0 Å². The summed E-state index contributed by atoms with van der Waals surface area (Å²) in [5.74, 6) is 0.158. The lowest BCUT2D eigenvalue weighted by Gasteiger charge is -2.25. The van der Waals surface area contributed by atoms with Crippen molar-refractivity contribution in [3.63, 3.8) is 0 Å². The van der Waals surface area contributed by atoms with E-state index in [0.717, 1.165) is 19.3 Å². The van der Waals surface area contributed by atoms with Crippen molar-refractivity contribution in [1.82, 2.24) is 4.98 Å². The number of sulfone groups is 1. The van der Waals surface area contributed by atoms with Crippen LogP contribution in [-0.2, 0) is 16.3 Å². The molecule has 0 amide bonds. The Morgan fingerprint density at radius 2 is 2.05 bits per heavy atom. The number of nitrogens with two attached hydrogens (primary N) is 1. The molecule has 1 aromatic carbocycles. The number of rotatable bonds is 3. The second-order valence-electron chi connectivity index (χ2n) is 5.48. The van der Waals surface area contributed by atoms with Crippen LogP contribution in [0.2, 0.25) is 0 Å². The number of hydrogen-bond acceptors (Lipinski definition) is 4. The summed E-state index contributed by atoms with van der Waals surface area (Å²) in [6, 6.07) is 9.61. The maximum atomic E-state index is 12.6. The summed E-state index contributed by atoms with van der Waals surface area (Å²) >= 11 is 0. The minimum absolute atomic E-state index is 0.0486. The van der Waals surface area contributed by atoms with E-state index in [4.69, 9.17) is 5.73 Å². The summed E-state index contributed by atoms with van der Waals surface area (Å²) in [7, 11) is -3.40. The highest BCUT2D eigenvalue weighted by atomic mass is 32.2. The molecule has 1 aliphatic carbocycles. The van der Waals surface area contributed by atoms with Crippen molar-refractivity contribution in [3.05, 3.63) is 53.9 Å². The Hall–Kier alpha value is -1.88. The fraction of sp³-hybridized carbons (Fsp3) is 0.312. The van der Waals surface area contributed by atoms with Gasteiger partial charge < -0.3 is 5.73 Å². The van der Waals surface area contributed by atoms with Crippen LogP contribution in [-0.4, -0.2) is 19.2 Å². The average Bonchev–Trinajstić information content (AvgIpc) is 2.47. The highest BCUT2D eigenvalue weighted by molar-refractivity contribution is 7.91. The van der Waals surface area contributed by atoms with E-state index in [1.54, 1.807) is 0 Å². The van der Waals surface area contributed by atoms with Gasteiger partial charge in [-0.05, 0) is 42.4 Å². The molecule has 5 heteroatoms. The number of pyridine rings is 1. The Balaban J connectivity index is 1.93. The van der Waals surface area contributed by atoms with Crippen molar-refractivity contribution in [2.75, 3.05) is 11.5 Å². The minimum Gasteiger partial charge on any atom is -0.396 e. The first-order valence-corrected chi connectivity index (χ1v) is 8.73. The van der Waals surface area contributed by atoms with E-state index in [2.05, 4.69) is 11.1 Å². The number of aryl methyl sites for hydroxylation is 1. The van der Waals surface area contributed by atoms with Gasteiger partial charge in [0.1, 0.15) is 0 Å². The third-order valence-electron chi connectivity index (χ3n) is 4.06. The van der Waals surface area contributed by atoms with Gasteiger partial charge in [0.05, 0.1) is 22.5 Å². The van der Waals surface area contributed by atoms with Gasteiger partial charge in [-0.3, -0.25) is 4.98 Å². The number of fused-ring (bicyclic) bond motifs is 1. The fourth-order valence-corrected chi connectivity index (χ4v) is 4.79. The van der Waals surface area contributed by atoms with Crippen LogP contribution in [0, 0.1) is 0 Å². The van der Waals surface area contributed by atoms with Crippen LogP contribution in [0.15, 0.2) is 47.6 Å². The van der Waals surface area contributed by atoms with Crippen LogP contribution in [0.25, 0.3) is 0 Å². The third kappa shape index (κ3) is 2.78. The van der Waals surface area contributed by atoms with E-state index in [0.29, 0.717) is 0 Å². The molecule has 1 atom stereocenters. The normalized spacial score (nSPS) is 18.2. The van der Waals surface area contributed by atoms with E-state index in [1.165, 1.54) is 29.6 Å². The van der Waals surface area contributed by atoms with Crippen LogP contribution < -0.4 is 5.73 Å². The van der Waals surface area contributed by atoms with Crippen molar-refractivity contribution in [3.8, 4) is 0 Å². The van der Waals surface area contributed by atoms with Crippen molar-refractivity contribution in [2.45, 2.75) is 30.1 Å². The van der Waals surface area contributed by atoms with Crippen LogP contribution >= 0.6 is 0 Å². The lowest BCUT2D eigenvalue weighted by molar-refractivity contribution is 0.559. The van der Waals surface area contributed by atoms with Crippen molar-refractivity contribution in [2.24, 2.45) is 0 Å². The zero-order valence-corrected chi connectivity index (χ0v) is 12.5. The Morgan fingerprint density at radius 3 is 2.86 bits per heavy atom. The molecule has 0 saturated heterocycles. The van der Waals surface area contributed by atoms with E-state index < -0.39 is 9.84 Å². The molecule has 0 radical (unpaired) electrons. The second-order valence-corrected chi connectivity index (χ2v) is 7.49. The monoisotopic (exact) mass is 302 g/mol. The van der Waals surface area contributed by atoms with Gasteiger partial charge in [-0.15, -0.1) is 0 Å². The van der Waals surface area contributed by atoms with Gasteiger partial charge in [-0.1, -0.05) is 24.3 Å². The molecule has 110 valence electrons. The Bertz CT molecular complexity index is 756. The zero-order valence-electron chi connectivity index (χ0n) is 11.7. The van der Waals surface area contributed by atoms with Crippen LogP contribution in [0.4, 0.5) is 5.69 Å². The Morgan fingerprint density at radius 1 is 1.24 bits per heavy atom.